The molecule has 0 spiro atoms. The number of nitrogens with one attached hydrogen (secondary N) is 1. The predicted molar refractivity (Wildman–Crippen MR) is 40.6 cm³/mol. The molecule has 56 valence electrons. The van der Waals surface area contributed by atoms with Gasteiger partial charge in [-0.3, -0.25) is 4.79 Å². The third-order valence-electron chi connectivity index (χ3n) is 1.45. The van der Waals surface area contributed by atoms with Crippen molar-refractivity contribution in [1.82, 2.24) is 0 Å². The van der Waals surface area contributed by atoms with Gasteiger partial charge in [0.15, 0.2) is 0 Å². The molecule has 0 saturated carbocycles. The lowest BCUT2D eigenvalue weighted by atomic mass is 10.1. The molecule has 1 saturated heterocycles. The first-order valence-corrected chi connectivity index (χ1v) is 4.14. The van der Waals surface area contributed by atoms with Crippen LogP contribution in [0.15, 0.2) is 0 Å². The van der Waals surface area contributed by atoms with Crippen LogP contribution in [0, 0.1) is 11.3 Å². The van der Waals surface area contributed by atoms with Crippen LogP contribution in [-0.4, -0.2) is 30.3 Å². The molecule has 0 aromatic rings. The molecule has 3 nitrogen and oxygen atoms in total. The van der Waals surface area contributed by atoms with Crippen molar-refractivity contribution in [1.29, 1.82) is 5.41 Å². The largest absolute Gasteiger partial charge is 0.468 e. The molecule has 0 aromatic carbocycles. The van der Waals surface area contributed by atoms with E-state index in [0.29, 0.717) is 17.2 Å². The van der Waals surface area contributed by atoms with Gasteiger partial charge in [-0.2, -0.15) is 11.8 Å². The third-order valence-corrected chi connectivity index (χ3v) is 2.53. The molecule has 10 heavy (non-hydrogen) atoms. The number of hydrogen-bond acceptors (Lipinski definition) is 4. The number of methoxy groups -OCH3 is 1. The minimum Gasteiger partial charge on any atom is -0.468 e. The summed E-state index contributed by atoms with van der Waals surface area (Å²) in [7, 11) is 1.36. The summed E-state index contributed by atoms with van der Waals surface area (Å²) in [6, 6.07) is 0. The Hall–Kier alpha value is -0.510. The van der Waals surface area contributed by atoms with E-state index in [4.69, 9.17) is 5.41 Å². The van der Waals surface area contributed by atoms with Crippen LogP contribution in [0.3, 0.4) is 0 Å². The van der Waals surface area contributed by atoms with E-state index < -0.39 is 0 Å². The summed E-state index contributed by atoms with van der Waals surface area (Å²) in [6.45, 7) is 0. The maximum atomic E-state index is 10.8. The highest BCUT2D eigenvalue weighted by atomic mass is 32.2. The fourth-order valence-electron chi connectivity index (χ4n) is 0.840. The van der Waals surface area contributed by atoms with Gasteiger partial charge < -0.3 is 10.1 Å². The van der Waals surface area contributed by atoms with E-state index in [9.17, 15) is 4.79 Å². The quantitative estimate of drug-likeness (QED) is 0.568. The highest BCUT2D eigenvalue weighted by Crippen LogP contribution is 2.21. The van der Waals surface area contributed by atoms with Crippen LogP contribution >= 0.6 is 11.8 Å². The van der Waals surface area contributed by atoms with Gasteiger partial charge in [0, 0.05) is 17.2 Å². The average Bonchev–Trinajstić information content (AvgIpc) is 2.34. The first-order valence-electron chi connectivity index (χ1n) is 2.98. The minimum absolute atomic E-state index is 0.269. The molecule has 0 aliphatic carbocycles. The van der Waals surface area contributed by atoms with E-state index >= 15 is 0 Å². The van der Waals surface area contributed by atoms with Crippen molar-refractivity contribution in [3.05, 3.63) is 0 Å². The van der Waals surface area contributed by atoms with Crippen molar-refractivity contribution in [3.8, 4) is 0 Å². The zero-order valence-electron chi connectivity index (χ0n) is 5.72. The second-order valence-corrected chi connectivity index (χ2v) is 3.15. The number of rotatable bonds is 1. The van der Waals surface area contributed by atoms with E-state index in [-0.39, 0.29) is 11.9 Å². The molecule has 1 aliphatic rings. The van der Waals surface area contributed by atoms with Gasteiger partial charge >= 0.3 is 5.97 Å². The van der Waals surface area contributed by atoms with E-state index in [1.807, 2.05) is 0 Å². The molecule has 0 radical (unpaired) electrons. The van der Waals surface area contributed by atoms with Gasteiger partial charge in [0.1, 0.15) is 5.92 Å². The van der Waals surface area contributed by atoms with E-state index in [1.165, 1.54) is 7.11 Å². The number of carbonyl (C=O) groups is 1. The molecule has 1 rings (SSSR count). The molecule has 0 bridgehead atoms. The van der Waals surface area contributed by atoms with Crippen molar-refractivity contribution in [2.45, 2.75) is 0 Å². The Bertz CT molecular complexity index is 169. The van der Waals surface area contributed by atoms with Gasteiger partial charge in [0.05, 0.1) is 7.11 Å². The molecular weight excluding hydrogens is 150 g/mol. The van der Waals surface area contributed by atoms with Crippen molar-refractivity contribution >= 4 is 23.4 Å². The molecule has 0 amide bonds. The van der Waals surface area contributed by atoms with Gasteiger partial charge in [-0.1, -0.05) is 0 Å². The third kappa shape index (κ3) is 1.31. The van der Waals surface area contributed by atoms with Gasteiger partial charge in [0.25, 0.3) is 0 Å². The molecule has 0 aromatic heterocycles. The summed E-state index contributed by atoms with van der Waals surface area (Å²) >= 11 is 1.61. The molecule has 1 aliphatic heterocycles. The number of ether oxygens (including phenoxy) is 1. The highest BCUT2D eigenvalue weighted by molar-refractivity contribution is 8.00. The summed E-state index contributed by atoms with van der Waals surface area (Å²) in [5.41, 5.74) is 0.497. The normalized spacial score (nSPS) is 24.9. The van der Waals surface area contributed by atoms with E-state index in [1.54, 1.807) is 11.8 Å². The number of thioether (sulfide) groups is 1. The van der Waals surface area contributed by atoms with Crippen LogP contribution in [0.2, 0.25) is 0 Å². The Balaban J connectivity index is 2.55. The van der Waals surface area contributed by atoms with Crippen LogP contribution in [0.1, 0.15) is 0 Å². The predicted octanol–water partition coefficient (Wildman–Crippen LogP) is 0.542. The maximum absolute atomic E-state index is 10.8. The zero-order valence-corrected chi connectivity index (χ0v) is 6.53. The van der Waals surface area contributed by atoms with Crippen LogP contribution in [0.25, 0.3) is 0 Å². The van der Waals surface area contributed by atoms with E-state index in [0.717, 1.165) is 0 Å². The summed E-state index contributed by atoms with van der Waals surface area (Å²) in [5, 5.41) is 7.32. The molecular formula is C6H9NO2S. The number of carbonyl (C=O) groups excluding carboxylic acids is 1. The smallest absolute Gasteiger partial charge is 0.315 e. The zero-order chi connectivity index (χ0) is 7.56. The fourth-order valence-corrected chi connectivity index (χ4v) is 1.95. The summed E-state index contributed by atoms with van der Waals surface area (Å²) in [6.07, 6.45) is 0. The minimum atomic E-state index is -0.269. The van der Waals surface area contributed by atoms with Crippen LogP contribution in [0.4, 0.5) is 0 Å². The van der Waals surface area contributed by atoms with Gasteiger partial charge in [-0.15, -0.1) is 0 Å². The van der Waals surface area contributed by atoms with E-state index in [2.05, 4.69) is 4.74 Å². The Morgan fingerprint density at radius 2 is 2.60 bits per heavy atom. The SMILES string of the molecule is COC(=O)C1CSCC1=N. The topological polar surface area (TPSA) is 50.2 Å². The van der Waals surface area contributed by atoms with Crippen LogP contribution < -0.4 is 0 Å². The second-order valence-electron chi connectivity index (χ2n) is 2.12. The van der Waals surface area contributed by atoms with Gasteiger partial charge in [-0.25, -0.2) is 0 Å². The Kier molecular flexibility index (Phi) is 2.32. The van der Waals surface area contributed by atoms with Crippen LogP contribution in [0.5, 0.6) is 0 Å². The average molecular weight is 159 g/mol. The first kappa shape index (κ1) is 7.60. The Labute approximate surface area is 63.6 Å². The fraction of sp³-hybridized carbons (Fsp3) is 0.667. The van der Waals surface area contributed by atoms with Gasteiger partial charge in [0.2, 0.25) is 0 Å². The monoisotopic (exact) mass is 159 g/mol. The Morgan fingerprint density at radius 1 is 1.90 bits per heavy atom. The molecule has 1 atom stereocenters. The summed E-state index contributed by atoms with van der Waals surface area (Å²) in [5.74, 6) is 0.857. The van der Waals surface area contributed by atoms with Crippen molar-refractivity contribution in [3.63, 3.8) is 0 Å². The number of hydrogen-bond donors (Lipinski definition) is 1. The lowest BCUT2D eigenvalue weighted by Crippen LogP contribution is -2.22. The highest BCUT2D eigenvalue weighted by Gasteiger charge is 2.28. The molecule has 4 heteroatoms. The molecule has 1 unspecified atom stereocenters. The lowest BCUT2D eigenvalue weighted by molar-refractivity contribution is -0.142. The van der Waals surface area contributed by atoms with Crippen molar-refractivity contribution in [2.24, 2.45) is 5.92 Å². The van der Waals surface area contributed by atoms with Crippen molar-refractivity contribution < 1.29 is 9.53 Å². The number of esters is 1. The Morgan fingerprint density at radius 3 is 3.00 bits per heavy atom. The summed E-state index contributed by atoms with van der Waals surface area (Å²) < 4.78 is 4.51. The maximum Gasteiger partial charge on any atom is 0.315 e. The molecule has 1 fully saturated rings. The van der Waals surface area contributed by atoms with Gasteiger partial charge in [-0.05, 0) is 0 Å². The summed E-state index contributed by atoms with van der Waals surface area (Å²) in [4.78, 5) is 10.8. The standard InChI is InChI=1S/C6H9NO2S/c1-9-6(8)4-2-10-3-5(4)7/h4,7H,2-3H2,1H3. The first-order chi connectivity index (χ1) is 4.75. The molecule has 1 N–H and O–H groups in total. The second kappa shape index (κ2) is 3.05. The van der Waals surface area contributed by atoms with Crippen LogP contribution in [-0.2, 0) is 9.53 Å². The van der Waals surface area contributed by atoms with Crippen molar-refractivity contribution in [2.75, 3.05) is 18.6 Å². The lowest BCUT2D eigenvalue weighted by Gasteiger charge is -2.04. The molecule has 1 heterocycles.